The molecule has 0 spiro atoms. The van der Waals surface area contributed by atoms with E-state index in [-0.39, 0.29) is 18.1 Å². The molecule has 1 aliphatic rings. The summed E-state index contributed by atoms with van der Waals surface area (Å²) >= 11 is 0. The van der Waals surface area contributed by atoms with Gasteiger partial charge in [0.25, 0.3) is 0 Å². The van der Waals surface area contributed by atoms with E-state index in [1.165, 1.54) is 0 Å². The molecule has 88 valence electrons. The normalized spacial score (nSPS) is 19.7. The Morgan fingerprint density at radius 3 is 2.40 bits per heavy atom. The molecular formula is C10H20N2O3. The van der Waals surface area contributed by atoms with Gasteiger partial charge in [-0.3, -0.25) is 0 Å². The van der Waals surface area contributed by atoms with Gasteiger partial charge >= 0.3 is 6.09 Å². The number of likely N-dealkylation sites (tertiary alicyclic amines) is 1. The van der Waals surface area contributed by atoms with Crippen molar-refractivity contribution >= 4 is 6.09 Å². The van der Waals surface area contributed by atoms with Crippen LogP contribution in [-0.4, -0.2) is 47.9 Å². The third kappa shape index (κ3) is 2.82. The monoisotopic (exact) mass is 216 g/mol. The zero-order valence-corrected chi connectivity index (χ0v) is 9.62. The van der Waals surface area contributed by atoms with Crippen LogP contribution in [0.5, 0.6) is 0 Å². The number of carbonyl (C=O) groups is 1. The van der Waals surface area contributed by atoms with Gasteiger partial charge in [-0.15, -0.1) is 0 Å². The highest BCUT2D eigenvalue weighted by Crippen LogP contribution is 2.29. The number of nitrogens with zero attached hydrogens (tertiary/aromatic N) is 1. The van der Waals surface area contributed by atoms with E-state index in [4.69, 9.17) is 15.6 Å². The molecule has 1 heterocycles. The summed E-state index contributed by atoms with van der Waals surface area (Å²) in [4.78, 5) is 13.1. The van der Waals surface area contributed by atoms with Crippen LogP contribution in [0.4, 0.5) is 4.79 Å². The van der Waals surface area contributed by atoms with Gasteiger partial charge < -0.3 is 20.5 Å². The van der Waals surface area contributed by atoms with E-state index in [2.05, 4.69) is 0 Å². The van der Waals surface area contributed by atoms with E-state index in [9.17, 15) is 4.79 Å². The number of hydrogen-bond acceptors (Lipinski definition) is 4. The molecule has 1 amide bonds. The Labute approximate surface area is 90.2 Å². The van der Waals surface area contributed by atoms with E-state index in [1.807, 2.05) is 20.8 Å². The third-order valence-electron chi connectivity index (χ3n) is 2.47. The van der Waals surface area contributed by atoms with Crippen molar-refractivity contribution in [2.45, 2.75) is 26.4 Å². The Balaban J connectivity index is 2.42. The van der Waals surface area contributed by atoms with Gasteiger partial charge in [-0.2, -0.15) is 0 Å². The van der Waals surface area contributed by atoms with Gasteiger partial charge in [0.15, 0.2) is 0 Å². The van der Waals surface area contributed by atoms with E-state index >= 15 is 0 Å². The largest absolute Gasteiger partial charge is 0.444 e. The van der Waals surface area contributed by atoms with Crippen molar-refractivity contribution < 1.29 is 14.6 Å². The van der Waals surface area contributed by atoms with Gasteiger partial charge in [0.2, 0.25) is 0 Å². The number of hydrogen-bond donors (Lipinski definition) is 2. The van der Waals surface area contributed by atoms with Crippen LogP contribution in [-0.2, 0) is 4.74 Å². The Morgan fingerprint density at radius 2 is 2.07 bits per heavy atom. The van der Waals surface area contributed by atoms with Gasteiger partial charge in [0.05, 0.1) is 6.61 Å². The van der Waals surface area contributed by atoms with Crippen LogP contribution in [0.2, 0.25) is 0 Å². The summed E-state index contributed by atoms with van der Waals surface area (Å²) in [5, 5.41) is 9.11. The number of carbonyl (C=O) groups excluding carboxylic acids is 1. The summed E-state index contributed by atoms with van der Waals surface area (Å²) in [5.74, 6) is 0. The molecule has 1 rings (SSSR count). The lowest BCUT2D eigenvalue weighted by Crippen LogP contribution is -2.63. The average Bonchev–Trinajstić information content (AvgIpc) is 2.00. The summed E-state index contributed by atoms with van der Waals surface area (Å²) in [5.41, 5.74) is 4.75. The Bertz CT molecular complexity index is 236. The van der Waals surface area contributed by atoms with E-state index in [1.54, 1.807) is 4.90 Å². The molecule has 0 unspecified atom stereocenters. The van der Waals surface area contributed by atoms with Crippen LogP contribution in [0.1, 0.15) is 20.8 Å². The van der Waals surface area contributed by atoms with Crippen LogP contribution in [0, 0.1) is 5.41 Å². The SMILES string of the molecule is CC(C)(C)OC(=O)N1CC(CN)(CO)C1. The van der Waals surface area contributed by atoms with Gasteiger partial charge in [0, 0.05) is 25.0 Å². The summed E-state index contributed by atoms with van der Waals surface area (Å²) < 4.78 is 5.19. The second kappa shape index (κ2) is 3.98. The molecule has 5 nitrogen and oxygen atoms in total. The zero-order valence-electron chi connectivity index (χ0n) is 9.62. The fraction of sp³-hybridized carbons (Fsp3) is 0.900. The van der Waals surface area contributed by atoms with Crippen molar-refractivity contribution in [3.05, 3.63) is 0 Å². The lowest BCUT2D eigenvalue weighted by molar-refractivity contribution is -0.0511. The van der Waals surface area contributed by atoms with Gasteiger partial charge in [0.1, 0.15) is 5.60 Å². The standard InChI is InChI=1S/C10H20N2O3/c1-9(2,3)15-8(14)12-5-10(4-11,6-12)7-13/h13H,4-7,11H2,1-3H3. The smallest absolute Gasteiger partial charge is 0.410 e. The highest BCUT2D eigenvalue weighted by Gasteiger charge is 2.45. The Hall–Kier alpha value is -0.810. The van der Waals surface area contributed by atoms with Crippen LogP contribution in [0.3, 0.4) is 0 Å². The summed E-state index contributed by atoms with van der Waals surface area (Å²) in [6, 6.07) is 0. The molecule has 0 radical (unpaired) electrons. The topological polar surface area (TPSA) is 75.8 Å². The van der Waals surface area contributed by atoms with E-state index in [0.29, 0.717) is 19.6 Å². The van der Waals surface area contributed by atoms with Crippen molar-refractivity contribution in [2.24, 2.45) is 11.1 Å². The highest BCUT2D eigenvalue weighted by atomic mass is 16.6. The van der Waals surface area contributed by atoms with Crippen LogP contribution in [0.25, 0.3) is 0 Å². The molecule has 0 aliphatic carbocycles. The molecule has 0 bridgehead atoms. The maximum atomic E-state index is 11.5. The summed E-state index contributed by atoms with van der Waals surface area (Å²) in [6.45, 7) is 6.85. The first-order valence-corrected chi connectivity index (χ1v) is 5.11. The van der Waals surface area contributed by atoms with E-state index in [0.717, 1.165) is 0 Å². The second-order valence-electron chi connectivity index (χ2n) is 5.20. The predicted molar refractivity (Wildman–Crippen MR) is 56.4 cm³/mol. The number of rotatable bonds is 2. The predicted octanol–water partition coefficient (Wildman–Crippen LogP) is 0.175. The molecule has 1 aliphatic heterocycles. The first-order valence-electron chi connectivity index (χ1n) is 5.11. The maximum absolute atomic E-state index is 11.5. The third-order valence-corrected chi connectivity index (χ3v) is 2.47. The first-order chi connectivity index (χ1) is 6.82. The number of ether oxygens (including phenoxy) is 1. The molecule has 1 fully saturated rings. The lowest BCUT2D eigenvalue weighted by atomic mass is 9.81. The molecule has 0 aromatic heterocycles. The van der Waals surface area contributed by atoms with Gasteiger partial charge in [-0.1, -0.05) is 0 Å². The molecular weight excluding hydrogens is 196 g/mol. The minimum atomic E-state index is -0.475. The van der Waals surface area contributed by atoms with Gasteiger partial charge in [-0.05, 0) is 20.8 Å². The van der Waals surface area contributed by atoms with Crippen molar-refractivity contribution in [1.29, 1.82) is 0 Å². The molecule has 3 N–H and O–H groups in total. The van der Waals surface area contributed by atoms with Crippen LogP contribution in [0.15, 0.2) is 0 Å². The Kier molecular flexibility index (Phi) is 3.25. The average molecular weight is 216 g/mol. The van der Waals surface area contributed by atoms with Crippen molar-refractivity contribution in [1.82, 2.24) is 4.90 Å². The number of aliphatic hydroxyl groups excluding tert-OH is 1. The fourth-order valence-electron chi connectivity index (χ4n) is 1.51. The van der Waals surface area contributed by atoms with E-state index < -0.39 is 5.60 Å². The fourth-order valence-corrected chi connectivity index (χ4v) is 1.51. The quantitative estimate of drug-likeness (QED) is 0.690. The minimum absolute atomic E-state index is 0.0167. The zero-order chi connectivity index (χ0) is 11.7. The summed E-state index contributed by atoms with van der Waals surface area (Å²) in [7, 11) is 0. The maximum Gasteiger partial charge on any atom is 0.410 e. The molecule has 0 aromatic carbocycles. The van der Waals surface area contributed by atoms with Crippen molar-refractivity contribution in [3.8, 4) is 0 Å². The highest BCUT2D eigenvalue weighted by molar-refractivity contribution is 5.69. The molecule has 0 aromatic rings. The van der Waals surface area contributed by atoms with Crippen molar-refractivity contribution in [3.63, 3.8) is 0 Å². The van der Waals surface area contributed by atoms with Gasteiger partial charge in [-0.25, -0.2) is 4.79 Å². The van der Waals surface area contributed by atoms with Crippen LogP contribution < -0.4 is 5.73 Å². The molecule has 0 atom stereocenters. The summed E-state index contributed by atoms with van der Waals surface area (Å²) in [6.07, 6.45) is -0.333. The second-order valence-corrected chi connectivity index (χ2v) is 5.20. The molecule has 1 saturated heterocycles. The lowest BCUT2D eigenvalue weighted by Gasteiger charge is -2.48. The molecule has 5 heteroatoms. The number of aliphatic hydroxyl groups is 1. The Morgan fingerprint density at radius 1 is 1.53 bits per heavy atom. The van der Waals surface area contributed by atoms with Crippen molar-refractivity contribution in [2.75, 3.05) is 26.2 Å². The molecule has 15 heavy (non-hydrogen) atoms. The number of nitrogens with two attached hydrogens (primary N) is 1. The molecule has 0 saturated carbocycles. The number of amides is 1. The van der Waals surface area contributed by atoms with Crippen LogP contribution >= 0.6 is 0 Å². The first kappa shape index (κ1) is 12.3. The minimum Gasteiger partial charge on any atom is -0.444 e.